The number of alkyl halides is 1. The van der Waals surface area contributed by atoms with Gasteiger partial charge in [-0.3, -0.25) is 0 Å². The minimum absolute atomic E-state index is 0. The number of aliphatic hydroxyl groups is 3. The van der Waals surface area contributed by atoms with Crippen molar-refractivity contribution in [2.75, 3.05) is 0 Å². The quantitative estimate of drug-likeness (QED) is 0.226. The van der Waals surface area contributed by atoms with E-state index in [-0.39, 0.29) is 24.7 Å². The van der Waals surface area contributed by atoms with Gasteiger partial charge in [0.05, 0.1) is 17.3 Å². The van der Waals surface area contributed by atoms with Crippen LogP contribution in [0.5, 0.6) is 0 Å². The largest absolute Gasteiger partial charge is 0.393 e. The first-order chi connectivity index (χ1) is 17.5. The Bertz CT molecular complexity index is 853. The van der Waals surface area contributed by atoms with Crippen molar-refractivity contribution < 1.29 is 19.7 Å². The third-order valence-electron chi connectivity index (χ3n) is 10.3. The van der Waals surface area contributed by atoms with Gasteiger partial charge in [-0.15, -0.1) is 0 Å². The zero-order valence-electron chi connectivity index (χ0n) is 25.3. The Kier molecular flexibility index (Phi) is 11.7. The summed E-state index contributed by atoms with van der Waals surface area (Å²) in [7, 11) is 0. The van der Waals surface area contributed by atoms with E-state index in [0.29, 0.717) is 23.8 Å². The van der Waals surface area contributed by atoms with Crippen molar-refractivity contribution in [3.8, 4) is 0 Å². The fraction of sp³-hybridized carbons (Fsp3) is 0.829. The van der Waals surface area contributed by atoms with Gasteiger partial charge in [-0.2, -0.15) is 0 Å². The van der Waals surface area contributed by atoms with Gasteiger partial charge in [-0.05, 0) is 132 Å². The van der Waals surface area contributed by atoms with Crippen LogP contribution in [0.3, 0.4) is 0 Å². The second kappa shape index (κ2) is 13.3. The van der Waals surface area contributed by atoms with Gasteiger partial charge in [0, 0.05) is 6.42 Å². The SMILES string of the molecule is C.C=C1/C(=C\C/C=C2\CCCC3(C)C2CC[C@@H]3C(C)(CCCC(C)(C)O)CCCC(C)(C)O)C[C@@H](O)CC1F. The normalized spacial score (nSPS) is 32.4. The molecule has 0 spiro atoms. The lowest BCUT2D eigenvalue weighted by Crippen LogP contribution is -2.41. The molecule has 0 amide bonds. The van der Waals surface area contributed by atoms with Crippen LogP contribution in [0.15, 0.2) is 35.5 Å². The van der Waals surface area contributed by atoms with Crippen molar-refractivity contribution in [3.05, 3.63) is 35.5 Å². The molecule has 3 saturated carbocycles. The molecular weight excluding hydrogens is 487 g/mol. The summed E-state index contributed by atoms with van der Waals surface area (Å²) >= 11 is 0. The van der Waals surface area contributed by atoms with Crippen molar-refractivity contribution >= 4 is 0 Å². The average molecular weight is 549 g/mol. The third-order valence-corrected chi connectivity index (χ3v) is 10.3. The molecule has 0 aromatic heterocycles. The molecule has 3 rings (SSSR count). The number of hydrogen-bond donors (Lipinski definition) is 3. The molecule has 3 fully saturated rings. The van der Waals surface area contributed by atoms with Crippen molar-refractivity contribution in [1.82, 2.24) is 0 Å². The number of aliphatic hydroxyl groups excluding tert-OH is 1. The Balaban J connectivity index is 0.00000533. The zero-order chi connectivity index (χ0) is 28.4. The Labute approximate surface area is 240 Å². The third kappa shape index (κ3) is 9.01. The molecule has 5 atom stereocenters. The first-order valence-electron chi connectivity index (χ1n) is 15.4. The molecule has 3 nitrogen and oxygen atoms in total. The second-order valence-corrected chi connectivity index (χ2v) is 14.9. The molecule has 39 heavy (non-hydrogen) atoms. The minimum Gasteiger partial charge on any atom is -0.393 e. The summed E-state index contributed by atoms with van der Waals surface area (Å²) in [6.45, 7) is 16.6. The van der Waals surface area contributed by atoms with Gasteiger partial charge in [0.1, 0.15) is 6.17 Å². The Morgan fingerprint density at radius 3 is 2.13 bits per heavy atom. The number of fused-ring (bicyclic) bond motifs is 1. The van der Waals surface area contributed by atoms with Gasteiger partial charge >= 0.3 is 0 Å². The molecule has 0 heterocycles. The molecule has 0 radical (unpaired) electrons. The van der Waals surface area contributed by atoms with Crippen LogP contribution in [-0.4, -0.2) is 38.8 Å². The van der Waals surface area contributed by atoms with Crippen LogP contribution in [-0.2, 0) is 0 Å². The van der Waals surface area contributed by atoms with E-state index < -0.39 is 23.5 Å². The minimum atomic E-state index is -1.13. The predicted octanol–water partition coefficient (Wildman–Crippen LogP) is 9.02. The van der Waals surface area contributed by atoms with Crippen molar-refractivity contribution in [1.29, 1.82) is 0 Å². The van der Waals surface area contributed by atoms with Gasteiger partial charge < -0.3 is 15.3 Å². The van der Waals surface area contributed by atoms with Crippen molar-refractivity contribution in [3.63, 3.8) is 0 Å². The molecule has 4 heteroatoms. The summed E-state index contributed by atoms with van der Waals surface area (Å²) in [6, 6.07) is 0. The highest BCUT2D eigenvalue weighted by atomic mass is 19.1. The summed E-state index contributed by atoms with van der Waals surface area (Å²) in [5, 5.41) is 30.8. The highest BCUT2D eigenvalue weighted by Crippen LogP contribution is 2.64. The smallest absolute Gasteiger partial charge is 0.127 e. The van der Waals surface area contributed by atoms with Gasteiger partial charge in [0.15, 0.2) is 0 Å². The van der Waals surface area contributed by atoms with Gasteiger partial charge in [0.2, 0.25) is 0 Å². The maximum absolute atomic E-state index is 14.2. The molecule has 0 aromatic carbocycles. The lowest BCUT2D eigenvalue weighted by Gasteiger charge is -2.50. The van der Waals surface area contributed by atoms with Crippen LogP contribution in [0.25, 0.3) is 0 Å². The van der Waals surface area contributed by atoms with E-state index in [1.807, 2.05) is 27.7 Å². The number of hydrogen-bond acceptors (Lipinski definition) is 3. The first kappa shape index (κ1) is 34.2. The average Bonchev–Trinajstić information content (AvgIpc) is 3.13. The fourth-order valence-corrected chi connectivity index (χ4v) is 8.37. The maximum atomic E-state index is 14.2. The van der Waals surface area contributed by atoms with E-state index in [1.54, 1.807) is 5.57 Å². The molecule has 0 bridgehead atoms. The highest BCUT2D eigenvalue weighted by Gasteiger charge is 2.54. The molecule has 3 N–H and O–H groups in total. The van der Waals surface area contributed by atoms with Gasteiger partial charge in [-0.1, -0.05) is 58.4 Å². The van der Waals surface area contributed by atoms with Crippen molar-refractivity contribution in [2.24, 2.45) is 22.7 Å². The van der Waals surface area contributed by atoms with Crippen molar-refractivity contribution in [2.45, 2.75) is 162 Å². The van der Waals surface area contributed by atoms with Crippen LogP contribution in [0, 0.1) is 22.7 Å². The van der Waals surface area contributed by atoms with Crippen LogP contribution >= 0.6 is 0 Å². The standard InChI is InChI=1S/C34H57FO3.CH4/c1-24-26(22-27(36)23-29(24)35)13-8-12-25-14-9-21-34(7)28(25)15-16-30(34)33(6,19-10-17-31(2,3)37)20-11-18-32(4,5)38;/h12-13,27-30,36-38H,1,8-11,14-23H2,2-7H3;1H4/b25-12+,26-13-;/t27-,28?,29?,30-,34?;/m1./s1. The molecule has 0 aliphatic heterocycles. The fourth-order valence-electron chi connectivity index (χ4n) is 8.37. The van der Waals surface area contributed by atoms with E-state index in [1.165, 1.54) is 25.7 Å². The molecule has 226 valence electrons. The Hall–Kier alpha value is -0.970. The van der Waals surface area contributed by atoms with Gasteiger partial charge in [-0.25, -0.2) is 4.39 Å². The van der Waals surface area contributed by atoms with Crippen LogP contribution in [0.2, 0.25) is 0 Å². The maximum Gasteiger partial charge on any atom is 0.127 e. The lowest BCUT2D eigenvalue weighted by molar-refractivity contribution is 0.00523. The molecular formula is C35H61FO3. The summed E-state index contributed by atoms with van der Waals surface area (Å²) in [5.74, 6) is 1.22. The van der Waals surface area contributed by atoms with E-state index in [4.69, 9.17) is 0 Å². The van der Waals surface area contributed by atoms with Crippen LogP contribution in [0.4, 0.5) is 4.39 Å². The topological polar surface area (TPSA) is 60.7 Å². The molecule has 3 aliphatic carbocycles. The zero-order valence-corrected chi connectivity index (χ0v) is 25.3. The summed E-state index contributed by atoms with van der Waals surface area (Å²) in [6.07, 6.45) is 16.3. The van der Waals surface area contributed by atoms with Crippen LogP contribution < -0.4 is 0 Å². The summed E-state index contributed by atoms with van der Waals surface area (Å²) < 4.78 is 14.2. The molecule has 0 saturated heterocycles. The molecule has 3 unspecified atom stereocenters. The highest BCUT2D eigenvalue weighted by molar-refractivity contribution is 5.35. The molecule has 0 aromatic rings. The van der Waals surface area contributed by atoms with E-state index in [0.717, 1.165) is 56.9 Å². The monoisotopic (exact) mass is 548 g/mol. The van der Waals surface area contributed by atoms with Crippen LogP contribution in [0.1, 0.15) is 139 Å². The number of allylic oxidation sites excluding steroid dienone is 4. The van der Waals surface area contributed by atoms with Gasteiger partial charge in [0.25, 0.3) is 0 Å². The Morgan fingerprint density at radius 2 is 1.56 bits per heavy atom. The van der Waals surface area contributed by atoms with E-state index >= 15 is 0 Å². The number of rotatable bonds is 11. The summed E-state index contributed by atoms with van der Waals surface area (Å²) in [4.78, 5) is 0. The van der Waals surface area contributed by atoms with E-state index in [2.05, 4.69) is 32.6 Å². The number of halogens is 1. The summed E-state index contributed by atoms with van der Waals surface area (Å²) in [5.41, 5.74) is 2.21. The molecule has 3 aliphatic rings. The predicted molar refractivity (Wildman–Crippen MR) is 163 cm³/mol. The first-order valence-corrected chi connectivity index (χ1v) is 15.4. The lowest BCUT2D eigenvalue weighted by atomic mass is 9.55. The van der Waals surface area contributed by atoms with E-state index in [9.17, 15) is 19.7 Å². The second-order valence-electron chi connectivity index (χ2n) is 14.9. The Morgan fingerprint density at radius 1 is 0.974 bits per heavy atom.